The van der Waals surface area contributed by atoms with Crippen LogP contribution in [-0.4, -0.2) is 23.9 Å². The number of hydrogen-bond acceptors (Lipinski definition) is 4. The van der Waals surface area contributed by atoms with Crippen LogP contribution < -0.4 is 15.2 Å². The van der Waals surface area contributed by atoms with E-state index < -0.39 is 18.3 Å². The van der Waals surface area contributed by atoms with E-state index in [9.17, 15) is 13.9 Å². The molecule has 19 heavy (non-hydrogen) atoms. The predicted octanol–water partition coefficient (Wildman–Crippen LogP) is 2.46. The number of benzene rings is 1. The molecule has 0 heterocycles. The molecule has 0 bridgehead atoms. The number of halogens is 2. The van der Waals surface area contributed by atoms with Crippen molar-refractivity contribution in [2.24, 2.45) is 5.73 Å². The van der Waals surface area contributed by atoms with Crippen molar-refractivity contribution in [2.45, 2.75) is 39.0 Å². The van der Waals surface area contributed by atoms with Crippen molar-refractivity contribution in [3.63, 3.8) is 0 Å². The van der Waals surface area contributed by atoms with Gasteiger partial charge < -0.3 is 20.3 Å². The number of aliphatic hydroxyl groups excluding tert-OH is 1. The molecule has 1 rings (SSSR count). The standard InChI is InChI=1S/C13H19F2NO3/c1-4-18-10-7-8(11(17)13(2,3)16)5-6-9(10)19-12(14)15/h5-7,11-12,17H,4,16H2,1-3H3. The molecule has 0 saturated carbocycles. The number of aliphatic hydroxyl groups is 1. The van der Waals surface area contributed by atoms with Gasteiger partial charge in [-0.1, -0.05) is 6.07 Å². The van der Waals surface area contributed by atoms with Gasteiger partial charge in [0.2, 0.25) is 0 Å². The van der Waals surface area contributed by atoms with Crippen molar-refractivity contribution in [3.8, 4) is 11.5 Å². The molecule has 0 fully saturated rings. The Morgan fingerprint density at radius 1 is 1.32 bits per heavy atom. The number of alkyl halides is 2. The highest BCUT2D eigenvalue weighted by Gasteiger charge is 2.25. The number of ether oxygens (including phenoxy) is 2. The molecule has 1 aromatic carbocycles. The second-order valence-electron chi connectivity index (χ2n) is 4.74. The molecular weight excluding hydrogens is 256 g/mol. The summed E-state index contributed by atoms with van der Waals surface area (Å²) in [5, 5.41) is 10.1. The maximum atomic E-state index is 12.2. The van der Waals surface area contributed by atoms with Crippen LogP contribution in [0.1, 0.15) is 32.4 Å². The third-order valence-electron chi connectivity index (χ3n) is 2.50. The molecule has 4 nitrogen and oxygen atoms in total. The average Bonchev–Trinajstić information content (AvgIpc) is 2.29. The molecule has 6 heteroatoms. The quantitative estimate of drug-likeness (QED) is 0.837. The van der Waals surface area contributed by atoms with Crippen molar-refractivity contribution in [3.05, 3.63) is 23.8 Å². The molecule has 3 N–H and O–H groups in total. The first kappa shape index (κ1) is 15.7. The van der Waals surface area contributed by atoms with Crippen LogP contribution >= 0.6 is 0 Å². The SMILES string of the molecule is CCOc1cc(C(O)C(C)(C)N)ccc1OC(F)F. The van der Waals surface area contributed by atoms with Gasteiger partial charge in [-0.15, -0.1) is 0 Å². The van der Waals surface area contributed by atoms with Gasteiger partial charge in [0.25, 0.3) is 0 Å². The molecule has 1 unspecified atom stereocenters. The Balaban J connectivity index is 3.08. The molecule has 0 aliphatic rings. The lowest BCUT2D eigenvalue weighted by Crippen LogP contribution is -2.39. The van der Waals surface area contributed by atoms with Gasteiger partial charge in [-0.05, 0) is 38.5 Å². The Morgan fingerprint density at radius 3 is 2.42 bits per heavy atom. The van der Waals surface area contributed by atoms with E-state index in [-0.39, 0.29) is 11.5 Å². The highest BCUT2D eigenvalue weighted by Crippen LogP contribution is 2.34. The fourth-order valence-electron chi connectivity index (χ4n) is 1.59. The maximum absolute atomic E-state index is 12.2. The topological polar surface area (TPSA) is 64.7 Å². The van der Waals surface area contributed by atoms with Crippen LogP contribution in [0.25, 0.3) is 0 Å². The molecule has 0 amide bonds. The summed E-state index contributed by atoms with van der Waals surface area (Å²) in [7, 11) is 0. The summed E-state index contributed by atoms with van der Waals surface area (Å²) in [6.45, 7) is 2.43. The van der Waals surface area contributed by atoms with Gasteiger partial charge in [-0.25, -0.2) is 0 Å². The number of rotatable bonds is 6. The van der Waals surface area contributed by atoms with Crippen molar-refractivity contribution in [1.29, 1.82) is 0 Å². The Bertz CT molecular complexity index is 419. The third-order valence-corrected chi connectivity index (χ3v) is 2.50. The highest BCUT2D eigenvalue weighted by molar-refractivity contribution is 5.44. The van der Waals surface area contributed by atoms with E-state index >= 15 is 0 Å². The fourth-order valence-corrected chi connectivity index (χ4v) is 1.59. The fraction of sp³-hybridized carbons (Fsp3) is 0.538. The summed E-state index contributed by atoms with van der Waals surface area (Å²) in [5.74, 6) is 0.0891. The number of hydrogen-bond donors (Lipinski definition) is 2. The third kappa shape index (κ3) is 4.33. The molecule has 0 saturated heterocycles. The summed E-state index contributed by atoms with van der Waals surface area (Å²) in [4.78, 5) is 0. The summed E-state index contributed by atoms with van der Waals surface area (Å²) in [6.07, 6.45) is -0.938. The van der Waals surface area contributed by atoms with Gasteiger partial charge in [-0.3, -0.25) is 0 Å². The Kier molecular flexibility index (Phi) is 5.08. The summed E-state index contributed by atoms with van der Waals surface area (Å²) in [5.41, 5.74) is 5.44. The van der Waals surface area contributed by atoms with Crippen LogP contribution in [0, 0.1) is 0 Å². The number of nitrogens with two attached hydrogens (primary N) is 1. The van der Waals surface area contributed by atoms with E-state index in [1.54, 1.807) is 20.8 Å². The van der Waals surface area contributed by atoms with E-state index in [1.807, 2.05) is 0 Å². The van der Waals surface area contributed by atoms with E-state index in [1.165, 1.54) is 18.2 Å². The van der Waals surface area contributed by atoms with Crippen LogP contribution in [-0.2, 0) is 0 Å². The Labute approximate surface area is 111 Å². The van der Waals surface area contributed by atoms with Crippen LogP contribution in [0.2, 0.25) is 0 Å². The summed E-state index contributed by atoms with van der Waals surface area (Å²) < 4.78 is 34.1. The largest absolute Gasteiger partial charge is 0.490 e. The molecular formula is C13H19F2NO3. The zero-order valence-corrected chi connectivity index (χ0v) is 11.2. The van der Waals surface area contributed by atoms with E-state index in [0.29, 0.717) is 12.2 Å². The monoisotopic (exact) mass is 275 g/mol. The van der Waals surface area contributed by atoms with Crippen molar-refractivity contribution in [2.75, 3.05) is 6.61 Å². The lowest BCUT2D eigenvalue weighted by Gasteiger charge is -2.26. The van der Waals surface area contributed by atoms with Gasteiger partial charge in [0.1, 0.15) is 0 Å². The smallest absolute Gasteiger partial charge is 0.387 e. The van der Waals surface area contributed by atoms with Crippen LogP contribution in [0.5, 0.6) is 11.5 Å². The van der Waals surface area contributed by atoms with Crippen molar-refractivity contribution >= 4 is 0 Å². The molecule has 1 atom stereocenters. The minimum atomic E-state index is -2.93. The van der Waals surface area contributed by atoms with E-state index in [0.717, 1.165) is 0 Å². The first-order chi connectivity index (χ1) is 8.75. The van der Waals surface area contributed by atoms with Crippen LogP contribution in [0.3, 0.4) is 0 Å². The normalized spacial score (nSPS) is 13.5. The van der Waals surface area contributed by atoms with E-state index in [2.05, 4.69) is 4.74 Å². The second-order valence-corrected chi connectivity index (χ2v) is 4.74. The van der Waals surface area contributed by atoms with Gasteiger partial charge in [0.05, 0.1) is 12.7 Å². The molecule has 0 aliphatic carbocycles. The first-order valence-corrected chi connectivity index (χ1v) is 5.94. The summed E-state index contributed by atoms with van der Waals surface area (Å²) in [6, 6.07) is 4.28. The molecule has 108 valence electrons. The minimum Gasteiger partial charge on any atom is -0.490 e. The zero-order valence-electron chi connectivity index (χ0n) is 11.2. The molecule has 0 spiro atoms. The maximum Gasteiger partial charge on any atom is 0.387 e. The van der Waals surface area contributed by atoms with Gasteiger partial charge in [0, 0.05) is 5.54 Å². The minimum absolute atomic E-state index is 0.0670. The van der Waals surface area contributed by atoms with Gasteiger partial charge in [-0.2, -0.15) is 8.78 Å². The zero-order chi connectivity index (χ0) is 14.6. The Hall–Kier alpha value is -1.40. The average molecular weight is 275 g/mol. The van der Waals surface area contributed by atoms with Crippen molar-refractivity contribution < 1.29 is 23.4 Å². The van der Waals surface area contributed by atoms with Crippen LogP contribution in [0.4, 0.5) is 8.78 Å². The lowest BCUT2D eigenvalue weighted by atomic mass is 9.92. The Morgan fingerprint density at radius 2 is 1.95 bits per heavy atom. The predicted molar refractivity (Wildman–Crippen MR) is 67.5 cm³/mol. The first-order valence-electron chi connectivity index (χ1n) is 5.94. The second kappa shape index (κ2) is 6.16. The molecule has 1 aromatic rings. The molecule has 0 aromatic heterocycles. The lowest BCUT2D eigenvalue weighted by molar-refractivity contribution is -0.0514. The molecule has 0 radical (unpaired) electrons. The van der Waals surface area contributed by atoms with E-state index in [4.69, 9.17) is 10.5 Å². The summed E-state index contributed by atoms with van der Waals surface area (Å²) >= 11 is 0. The van der Waals surface area contributed by atoms with Gasteiger partial charge in [0.15, 0.2) is 11.5 Å². The van der Waals surface area contributed by atoms with Gasteiger partial charge >= 0.3 is 6.61 Å². The van der Waals surface area contributed by atoms with Crippen LogP contribution in [0.15, 0.2) is 18.2 Å². The van der Waals surface area contributed by atoms with Crippen molar-refractivity contribution in [1.82, 2.24) is 0 Å². The highest BCUT2D eigenvalue weighted by atomic mass is 19.3. The molecule has 0 aliphatic heterocycles.